The van der Waals surface area contributed by atoms with Crippen LogP contribution in [-0.4, -0.2) is 81.7 Å². The Kier molecular flexibility index (Phi) is 11.2. The van der Waals surface area contributed by atoms with Gasteiger partial charge in [0.1, 0.15) is 29.9 Å². The van der Waals surface area contributed by atoms with Crippen LogP contribution in [0.1, 0.15) is 53.8 Å². The Morgan fingerprint density at radius 1 is 0.875 bits per heavy atom. The van der Waals surface area contributed by atoms with Crippen molar-refractivity contribution < 1.29 is 24.0 Å². The minimum atomic E-state index is -1.08. The number of nitrogens with zero attached hydrogens (tertiary/aromatic N) is 2. The SMILES string of the molecule is CCCc1nc(C(=O)N2CCNC(=O)[C@H](Cc3ccccc3)NC(=O)[C@H](C)NC(=O)[C@@H](Cc3c[nH]c4ccccc34)NC(=O)[C@H]2C)cs1. The van der Waals surface area contributed by atoms with E-state index in [-0.39, 0.29) is 31.6 Å². The first-order valence-electron chi connectivity index (χ1n) is 16.2. The van der Waals surface area contributed by atoms with Crippen molar-refractivity contribution in [2.45, 2.75) is 70.6 Å². The number of aryl methyl sites for hydroxylation is 1. The number of nitrogens with one attached hydrogen (secondary N) is 5. The molecule has 2 aromatic heterocycles. The van der Waals surface area contributed by atoms with Crippen molar-refractivity contribution in [3.63, 3.8) is 0 Å². The van der Waals surface area contributed by atoms with Crippen LogP contribution in [0.5, 0.6) is 0 Å². The molecule has 0 saturated carbocycles. The molecule has 0 spiro atoms. The second-order valence-electron chi connectivity index (χ2n) is 11.9. The van der Waals surface area contributed by atoms with Gasteiger partial charge in [0.25, 0.3) is 5.91 Å². The molecule has 48 heavy (non-hydrogen) atoms. The van der Waals surface area contributed by atoms with Crippen LogP contribution in [0.4, 0.5) is 0 Å². The van der Waals surface area contributed by atoms with Crippen LogP contribution >= 0.6 is 11.3 Å². The van der Waals surface area contributed by atoms with E-state index >= 15 is 0 Å². The van der Waals surface area contributed by atoms with Crippen molar-refractivity contribution in [2.24, 2.45) is 0 Å². The monoisotopic (exact) mass is 671 g/mol. The van der Waals surface area contributed by atoms with Crippen molar-refractivity contribution in [1.29, 1.82) is 0 Å². The molecular weight excluding hydrogens is 630 g/mol. The highest BCUT2D eigenvalue weighted by atomic mass is 32.1. The number of hydrogen-bond acceptors (Lipinski definition) is 7. The number of H-pyrrole nitrogens is 1. The number of aromatic amines is 1. The van der Waals surface area contributed by atoms with Gasteiger partial charge in [0, 0.05) is 48.4 Å². The molecule has 5 N–H and O–H groups in total. The molecule has 0 radical (unpaired) electrons. The molecule has 0 bridgehead atoms. The van der Waals surface area contributed by atoms with Crippen molar-refractivity contribution in [2.75, 3.05) is 13.1 Å². The third-order valence-electron chi connectivity index (χ3n) is 8.39. The number of para-hydroxylation sites is 1. The van der Waals surface area contributed by atoms with Crippen molar-refractivity contribution in [3.8, 4) is 0 Å². The fourth-order valence-electron chi connectivity index (χ4n) is 5.68. The summed E-state index contributed by atoms with van der Waals surface area (Å²) in [5.74, 6) is -2.61. The first-order valence-corrected chi connectivity index (χ1v) is 17.1. The largest absolute Gasteiger partial charge is 0.361 e. The maximum atomic E-state index is 13.8. The quantitative estimate of drug-likeness (QED) is 0.203. The van der Waals surface area contributed by atoms with Crippen molar-refractivity contribution >= 4 is 51.8 Å². The lowest BCUT2D eigenvalue weighted by molar-refractivity contribution is -0.133. The molecule has 252 valence electrons. The topological polar surface area (TPSA) is 165 Å². The van der Waals surface area contributed by atoms with E-state index in [1.165, 1.54) is 23.2 Å². The Hall–Kier alpha value is -5.04. The second kappa shape index (κ2) is 15.7. The molecule has 4 aromatic rings. The number of hydrogen-bond donors (Lipinski definition) is 5. The molecule has 0 unspecified atom stereocenters. The van der Waals surface area contributed by atoms with Gasteiger partial charge in [-0.05, 0) is 43.9 Å². The number of aromatic nitrogens is 2. The van der Waals surface area contributed by atoms with E-state index in [0.29, 0.717) is 0 Å². The van der Waals surface area contributed by atoms with E-state index in [1.807, 2.05) is 61.5 Å². The molecule has 1 aliphatic heterocycles. The van der Waals surface area contributed by atoms with Crippen LogP contribution in [0.15, 0.2) is 66.2 Å². The number of carbonyl (C=O) groups excluding carboxylic acids is 5. The number of thiazole rings is 1. The maximum absolute atomic E-state index is 13.8. The van der Waals surface area contributed by atoms with Crippen molar-refractivity contribution in [1.82, 2.24) is 36.1 Å². The van der Waals surface area contributed by atoms with Gasteiger partial charge in [-0.15, -0.1) is 11.3 Å². The van der Waals surface area contributed by atoms with Gasteiger partial charge in [0.05, 0.1) is 5.01 Å². The number of amides is 5. The molecular formula is C35H41N7O5S. The molecule has 2 aromatic carbocycles. The molecule has 12 nitrogen and oxygen atoms in total. The lowest BCUT2D eigenvalue weighted by Crippen LogP contribution is -2.57. The Labute approximate surface area is 283 Å². The molecule has 1 aliphatic rings. The van der Waals surface area contributed by atoms with Crippen LogP contribution < -0.4 is 21.3 Å². The first kappa shape index (κ1) is 34.3. The number of carbonyl (C=O) groups is 5. The van der Waals surface area contributed by atoms with Crippen molar-refractivity contribution in [3.05, 3.63) is 88.0 Å². The second-order valence-corrected chi connectivity index (χ2v) is 12.9. The summed E-state index contributed by atoms with van der Waals surface area (Å²) >= 11 is 1.38. The highest BCUT2D eigenvalue weighted by molar-refractivity contribution is 7.09. The minimum absolute atomic E-state index is 0.0124. The molecule has 5 amide bonds. The van der Waals surface area contributed by atoms with Gasteiger partial charge in [-0.25, -0.2) is 4.98 Å². The maximum Gasteiger partial charge on any atom is 0.274 e. The standard InChI is InChI=1S/C35H41N7O5S/c1-4-10-30-39-29(20-48-30)35(47)42-16-15-36-33(45)27(17-23-11-6-5-7-12-23)40-31(43)21(2)38-34(46)28(41-32(44)22(42)3)18-24-19-37-26-14-9-8-13-25(24)26/h5-9,11-14,19-22,27-28,37H,4,10,15-18H2,1-3H3,(H,36,45)(H,38,46)(H,40,43)(H,41,44)/t21-,22+,27-,28+/m0/s1. The van der Waals surface area contributed by atoms with Gasteiger partial charge >= 0.3 is 0 Å². The van der Waals surface area contributed by atoms with Gasteiger partial charge in [0.15, 0.2) is 0 Å². The highest BCUT2D eigenvalue weighted by Crippen LogP contribution is 2.20. The summed E-state index contributed by atoms with van der Waals surface area (Å²) in [6, 6.07) is 12.8. The van der Waals surface area contributed by atoms with Crippen LogP contribution in [0.25, 0.3) is 10.9 Å². The zero-order chi connectivity index (χ0) is 34.2. The van der Waals surface area contributed by atoms with Gasteiger partial charge < -0.3 is 31.2 Å². The predicted octanol–water partition coefficient (Wildman–Crippen LogP) is 2.50. The van der Waals surface area contributed by atoms with Gasteiger partial charge in [-0.2, -0.15) is 0 Å². The molecule has 13 heteroatoms. The Morgan fingerprint density at radius 3 is 2.35 bits per heavy atom. The molecule has 0 aliphatic carbocycles. The Morgan fingerprint density at radius 2 is 1.58 bits per heavy atom. The predicted molar refractivity (Wildman–Crippen MR) is 183 cm³/mol. The van der Waals surface area contributed by atoms with Gasteiger partial charge in [-0.1, -0.05) is 55.5 Å². The number of benzene rings is 2. The fraction of sp³-hybridized carbons (Fsp3) is 0.371. The van der Waals surface area contributed by atoms with E-state index in [2.05, 4.69) is 31.2 Å². The summed E-state index contributed by atoms with van der Waals surface area (Å²) in [7, 11) is 0. The summed E-state index contributed by atoms with van der Waals surface area (Å²) in [6.07, 6.45) is 3.72. The smallest absolute Gasteiger partial charge is 0.274 e. The molecule has 1 saturated heterocycles. The zero-order valence-corrected chi connectivity index (χ0v) is 28.1. The van der Waals surface area contributed by atoms with E-state index in [1.54, 1.807) is 18.5 Å². The van der Waals surface area contributed by atoms with E-state index in [9.17, 15) is 24.0 Å². The lowest BCUT2D eigenvalue weighted by Gasteiger charge is -2.29. The Balaban J connectivity index is 1.46. The summed E-state index contributed by atoms with van der Waals surface area (Å²) < 4.78 is 0. The van der Waals surface area contributed by atoms with E-state index in [4.69, 9.17) is 0 Å². The van der Waals surface area contributed by atoms with Crippen LogP contribution in [0.3, 0.4) is 0 Å². The van der Waals surface area contributed by atoms with Crippen LogP contribution in [0.2, 0.25) is 0 Å². The molecule has 4 atom stereocenters. The van der Waals surface area contributed by atoms with E-state index in [0.717, 1.165) is 39.9 Å². The minimum Gasteiger partial charge on any atom is -0.361 e. The van der Waals surface area contributed by atoms with Gasteiger partial charge in [-0.3, -0.25) is 24.0 Å². The van der Waals surface area contributed by atoms with Crippen LogP contribution in [0, 0.1) is 0 Å². The summed E-state index contributed by atoms with van der Waals surface area (Å²) in [5, 5.41) is 14.6. The van der Waals surface area contributed by atoms with Gasteiger partial charge in [0.2, 0.25) is 23.6 Å². The van der Waals surface area contributed by atoms with E-state index < -0.39 is 53.7 Å². The average molecular weight is 672 g/mol. The molecule has 3 heterocycles. The number of rotatable bonds is 7. The number of fused-ring (bicyclic) bond motifs is 1. The fourth-order valence-corrected chi connectivity index (χ4v) is 6.55. The third kappa shape index (κ3) is 8.26. The zero-order valence-electron chi connectivity index (χ0n) is 27.2. The third-order valence-corrected chi connectivity index (χ3v) is 9.30. The van der Waals surface area contributed by atoms with Crippen LogP contribution in [-0.2, 0) is 38.4 Å². The highest BCUT2D eigenvalue weighted by Gasteiger charge is 2.33. The first-order chi connectivity index (χ1) is 23.1. The molecule has 5 rings (SSSR count). The summed E-state index contributed by atoms with van der Waals surface area (Å²) in [6.45, 7) is 5.14. The summed E-state index contributed by atoms with van der Waals surface area (Å²) in [5.41, 5.74) is 2.72. The average Bonchev–Trinajstić information content (AvgIpc) is 3.73. The lowest BCUT2D eigenvalue weighted by atomic mass is 10.0. The molecule has 1 fully saturated rings. The normalized spacial score (nSPS) is 21.4. The summed E-state index contributed by atoms with van der Waals surface area (Å²) in [4.78, 5) is 77.3. The Bertz CT molecular complexity index is 1770.